The number of rotatable bonds is 8. The van der Waals surface area contributed by atoms with Gasteiger partial charge in [-0.2, -0.15) is 5.10 Å². The molecule has 1 heterocycles. The number of nitrogens with zero attached hydrogens (tertiary/aromatic N) is 2. The van der Waals surface area contributed by atoms with Gasteiger partial charge in [0.25, 0.3) is 0 Å². The van der Waals surface area contributed by atoms with Crippen molar-refractivity contribution in [3.05, 3.63) is 17.5 Å². The zero-order valence-electron chi connectivity index (χ0n) is 11.8. The molecule has 0 aliphatic carbocycles. The summed E-state index contributed by atoms with van der Waals surface area (Å²) in [6.45, 7) is 4.87. The quantitative estimate of drug-likeness (QED) is 0.684. The Morgan fingerprint density at radius 2 is 2.32 bits per heavy atom. The van der Waals surface area contributed by atoms with Crippen LogP contribution in [0, 0.1) is 0 Å². The highest BCUT2D eigenvalue weighted by Gasteiger charge is 2.17. The molecular formula is C13H23N3O3. The summed E-state index contributed by atoms with van der Waals surface area (Å²) >= 11 is 0. The summed E-state index contributed by atoms with van der Waals surface area (Å²) in [5, 5.41) is 16.4. The summed E-state index contributed by atoms with van der Waals surface area (Å²) in [5.41, 5.74) is 1.30. The van der Waals surface area contributed by atoms with Crippen LogP contribution >= 0.6 is 0 Å². The maximum Gasteiger partial charge on any atom is 0.341 e. The summed E-state index contributed by atoms with van der Waals surface area (Å²) in [7, 11) is 1.80. The number of carbonyl (C=O) groups is 1. The molecule has 0 aliphatic rings. The summed E-state index contributed by atoms with van der Waals surface area (Å²) in [5.74, 6) is -0.345. The first kappa shape index (κ1) is 15.7. The molecule has 2 N–H and O–H groups in total. The fourth-order valence-electron chi connectivity index (χ4n) is 1.90. The van der Waals surface area contributed by atoms with Crippen LogP contribution in [0.5, 0.6) is 0 Å². The molecule has 0 bridgehead atoms. The van der Waals surface area contributed by atoms with Gasteiger partial charge in [-0.25, -0.2) is 4.79 Å². The maximum atomic E-state index is 11.8. The lowest BCUT2D eigenvalue weighted by Crippen LogP contribution is -2.30. The lowest BCUT2D eigenvalue weighted by atomic mass is 10.1. The molecular weight excluding hydrogens is 246 g/mol. The third-order valence-electron chi connectivity index (χ3n) is 3.09. The monoisotopic (exact) mass is 269 g/mol. The molecule has 6 nitrogen and oxygen atoms in total. The number of carbonyl (C=O) groups excluding carboxylic acids is 1. The van der Waals surface area contributed by atoms with E-state index in [0.717, 1.165) is 12.1 Å². The number of nitrogens with one attached hydrogen (secondary N) is 1. The Labute approximate surface area is 113 Å². The van der Waals surface area contributed by atoms with Gasteiger partial charge in [-0.05, 0) is 19.8 Å². The third-order valence-corrected chi connectivity index (χ3v) is 3.09. The molecule has 19 heavy (non-hydrogen) atoms. The fraction of sp³-hybridized carbons (Fsp3) is 0.692. The van der Waals surface area contributed by atoms with Crippen molar-refractivity contribution in [3.8, 4) is 0 Å². The normalized spacial score (nSPS) is 12.4. The van der Waals surface area contributed by atoms with E-state index in [2.05, 4.69) is 17.3 Å². The first-order valence-corrected chi connectivity index (χ1v) is 6.66. The second-order valence-corrected chi connectivity index (χ2v) is 4.35. The van der Waals surface area contributed by atoms with Crippen molar-refractivity contribution >= 4 is 5.97 Å². The van der Waals surface area contributed by atoms with Crippen LogP contribution in [0.2, 0.25) is 0 Å². The Bertz CT molecular complexity index is 404. The second-order valence-electron chi connectivity index (χ2n) is 4.35. The topological polar surface area (TPSA) is 76.4 Å². The van der Waals surface area contributed by atoms with Gasteiger partial charge in [-0.15, -0.1) is 0 Å². The predicted octanol–water partition coefficient (Wildman–Crippen LogP) is 0.847. The fourth-order valence-corrected chi connectivity index (χ4v) is 1.90. The van der Waals surface area contributed by atoms with Gasteiger partial charge in [0.15, 0.2) is 0 Å². The molecule has 1 unspecified atom stereocenters. The van der Waals surface area contributed by atoms with Crippen LogP contribution in [-0.4, -0.2) is 40.1 Å². The van der Waals surface area contributed by atoms with E-state index in [0.29, 0.717) is 25.1 Å². The van der Waals surface area contributed by atoms with Crippen LogP contribution in [0.25, 0.3) is 0 Å². The number of aromatic nitrogens is 2. The van der Waals surface area contributed by atoms with Gasteiger partial charge >= 0.3 is 5.97 Å². The van der Waals surface area contributed by atoms with Crippen molar-refractivity contribution in [2.24, 2.45) is 7.05 Å². The molecule has 1 rings (SSSR count). The minimum absolute atomic E-state index is 0.154. The lowest BCUT2D eigenvalue weighted by Gasteiger charge is -2.16. The summed E-state index contributed by atoms with van der Waals surface area (Å²) < 4.78 is 6.67. The number of esters is 1. The van der Waals surface area contributed by atoms with Gasteiger partial charge in [-0.3, -0.25) is 4.68 Å². The van der Waals surface area contributed by atoms with E-state index >= 15 is 0 Å². The standard InChI is InChI=1S/C13H23N3O3/c1-4-10(6-7-17)14-9-12-11(8-15-16(12)3)13(18)19-5-2/h8,10,14,17H,4-7,9H2,1-3H3. The van der Waals surface area contributed by atoms with Gasteiger partial charge in [0.05, 0.1) is 18.5 Å². The van der Waals surface area contributed by atoms with Crippen molar-refractivity contribution in [2.45, 2.75) is 39.3 Å². The molecule has 1 atom stereocenters. The summed E-state index contributed by atoms with van der Waals surface area (Å²) in [6.07, 6.45) is 3.15. The van der Waals surface area contributed by atoms with Crippen molar-refractivity contribution < 1.29 is 14.6 Å². The van der Waals surface area contributed by atoms with E-state index in [-0.39, 0.29) is 18.6 Å². The van der Waals surface area contributed by atoms with Crippen molar-refractivity contribution in [1.29, 1.82) is 0 Å². The Morgan fingerprint density at radius 1 is 1.58 bits per heavy atom. The molecule has 0 saturated carbocycles. The van der Waals surface area contributed by atoms with Crippen LogP contribution in [-0.2, 0) is 18.3 Å². The summed E-state index contributed by atoms with van der Waals surface area (Å²) in [4.78, 5) is 11.8. The van der Waals surface area contributed by atoms with E-state index in [4.69, 9.17) is 9.84 Å². The van der Waals surface area contributed by atoms with E-state index in [1.54, 1.807) is 18.7 Å². The largest absolute Gasteiger partial charge is 0.462 e. The molecule has 0 fully saturated rings. The van der Waals surface area contributed by atoms with Gasteiger partial charge in [0.1, 0.15) is 5.56 Å². The first-order valence-electron chi connectivity index (χ1n) is 6.66. The lowest BCUT2D eigenvalue weighted by molar-refractivity contribution is 0.0524. The Hall–Kier alpha value is -1.40. The number of hydrogen-bond donors (Lipinski definition) is 2. The van der Waals surface area contributed by atoms with Crippen molar-refractivity contribution in [2.75, 3.05) is 13.2 Å². The van der Waals surface area contributed by atoms with E-state index < -0.39 is 0 Å². The molecule has 6 heteroatoms. The Balaban J connectivity index is 2.71. The van der Waals surface area contributed by atoms with Gasteiger partial charge in [-0.1, -0.05) is 6.92 Å². The number of aliphatic hydroxyl groups excluding tert-OH is 1. The average Bonchev–Trinajstić information content (AvgIpc) is 2.76. The molecule has 0 spiro atoms. The summed E-state index contributed by atoms with van der Waals surface area (Å²) in [6, 6.07) is 0.231. The molecule has 1 aromatic rings. The van der Waals surface area contributed by atoms with Crippen molar-refractivity contribution in [1.82, 2.24) is 15.1 Å². The molecule has 108 valence electrons. The van der Waals surface area contributed by atoms with Gasteiger partial charge in [0.2, 0.25) is 0 Å². The smallest absolute Gasteiger partial charge is 0.341 e. The zero-order valence-corrected chi connectivity index (χ0v) is 11.8. The van der Waals surface area contributed by atoms with Crippen LogP contribution < -0.4 is 5.32 Å². The Morgan fingerprint density at radius 3 is 2.89 bits per heavy atom. The van der Waals surface area contributed by atoms with Crippen LogP contribution in [0.4, 0.5) is 0 Å². The molecule has 0 aliphatic heterocycles. The maximum absolute atomic E-state index is 11.8. The predicted molar refractivity (Wildman–Crippen MR) is 71.8 cm³/mol. The van der Waals surface area contributed by atoms with Crippen molar-refractivity contribution in [3.63, 3.8) is 0 Å². The molecule has 0 saturated heterocycles. The van der Waals surface area contributed by atoms with Crippen LogP contribution in [0.3, 0.4) is 0 Å². The highest BCUT2D eigenvalue weighted by molar-refractivity contribution is 5.90. The molecule has 0 radical (unpaired) electrons. The van der Waals surface area contributed by atoms with E-state index in [9.17, 15) is 4.79 Å². The molecule has 0 amide bonds. The highest BCUT2D eigenvalue weighted by atomic mass is 16.5. The third kappa shape index (κ3) is 4.33. The minimum Gasteiger partial charge on any atom is -0.462 e. The van der Waals surface area contributed by atoms with Gasteiger partial charge < -0.3 is 15.2 Å². The second kappa shape index (κ2) is 7.91. The SMILES string of the molecule is CCOC(=O)c1cnn(C)c1CNC(CC)CCO. The molecule has 1 aromatic heterocycles. The molecule has 0 aromatic carbocycles. The number of ether oxygens (including phenoxy) is 1. The van der Waals surface area contributed by atoms with E-state index in [1.807, 2.05) is 0 Å². The van der Waals surface area contributed by atoms with E-state index in [1.165, 1.54) is 6.20 Å². The number of hydrogen-bond acceptors (Lipinski definition) is 5. The minimum atomic E-state index is -0.345. The Kier molecular flexibility index (Phi) is 6.52. The number of aliphatic hydroxyl groups is 1. The highest BCUT2D eigenvalue weighted by Crippen LogP contribution is 2.10. The van der Waals surface area contributed by atoms with Crippen LogP contribution in [0.1, 0.15) is 42.7 Å². The van der Waals surface area contributed by atoms with Crippen LogP contribution in [0.15, 0.2) is 6.20 Å². The zero-order chi connectivity index (χ0) is 14.3. The first-order chi connectivity index (χ1) is 9.13. The van der Waals surface area contributed by atoms with Gasteiger partial charge in [0, 0.05) is 26.2 Å². The number of aryl methyl sites for hydroxylation is 1. The average molecular weight is 269 g/mol.